The summed E-state index contributed by atoms with van der Waals surface area (Å²) in [5, 5.41) is 18.0. The van der Waals surface area contributed by atoms with Gasteiger partial charge in [-0.05, 0) is 17.7 Å². The Morgan fingerprint density at radius 3 is 2.58 bits per heavy atom. The Bertz CT molecular complexity index is 453. The summed E-state index contributed by atoms with van der Waals surface area (Å²) < 4.78 is 13.2. The van der Waals surface area contributed by atoms with E-state index in [9.17, 15) is 9.50 Å². The molecule has 0 radical (unpaired) electrons. The van der Waals surface area contributed by atoms with Crippen molar-refractivity contribution in [3.8, 4) is 11.8 Å². The SMILES string of the molecule is OCCC#Cc1ccc(CN2C[C@@H](O)[C@H](F)C2)cc1. The first-order valence-corrected chi connectivity index (χ1v) is 6.42. The summed E-state index contributed by atoms with van der Waals surface area (Å²) in [5.74, 6) is 5.82. The molecule has 2 rings (SSSR count). The molecule has 0 aromatic heterocycles. The van der Waals surface area contributed by atoms with Gasteiger partial charge in [-0.15, -0.1) is 0 Å². The van der Waals surface area contributed by atoms with Crippen molar-refractivity contribution in [2.75, 3.05) is 19.7 Å². The lowest BCUT2D eigenvalue weighted by Crippen LogP contribution is -2.21. The highest BCUT2D eigenvalue weighted by molar-refractivity contribution is 5.36. The number of aliphatic hydroxyl groups excluding tert-OH is 2. The lowest BCUT2D eigenvalue weighted by molar-refractivity contribution is 0.115. The number of rotatable bonds is 3. The second kappa shape index (κ2) is 6.67. The van der Waals surface area contributed by atoms with Crippen molar-refractivity contribution in [2.24, 2.45) is 0 Å². The molecule has 1 fully saturated rings. The van der Waals surface area contributed by atoms with Crippen LogP contribution < -0.4 is 0 Å². The van der Waals surface area contributed by atoms with E-state index < -0.39 is 12.3 Å². The first kappa shape index (κ1) is 14.0. The minimum Gasteiger partial charge on any atom is -0.395 e. The third-order valence-electron chi connectivity index (χ3n) is 3.13. The van der Waals surface area contributed by atoms with Gasteiger partial charge in [-0.1, -0.05) is 24.0 Å². The molecule has 19 heavy (non-hydrogen) atoms. The van der Waals surface area contributed by atoms with Crippen LogP contribution in [0.3, 0.4) is 0 Å². The van der Waals surface area contributed by atoms with Crippen LogP contribution in [0.25, 0.3) is 0 Å². The van der Waals surface area contributed by atoms with Gasteiger partial charge in [0.2, 0.25) is 0 Å². The van der Waals surface area contributed by atoms with Gasteiger partial charge in [0.05, 0.1) is 12.7 Å². The Kier molecular flexibility index (Phi) is 4.92. The van der Waals surface area contributed by atoms with Crippen LogP contribution in [0.2, 0.25) is 0 Å². The molecule has 0 aliphatic carbocycles. The lowest BCUT2D eigenvalue weighted by atomic mass is 10.1. The zero-order valence-electron chi connectivity index (χ0n) is 10.7. The van der Waals surface area contributed by atoms with E-state index in [-0.39, 0.29) is 6.61 Å². The van der Waals surface area contributed by atoms with E-state index in [1.807, 2.05) is 29.2 Å². The summed E-state index contributed by atoms with van der Waals surface area (Å²) in [4.78, 5) is 1.90. The van der Waals surface area contributed by atoms with E-state index in [4.69, 9.17) is 5.11 Å². The van der Waals surface area contributed by atoms with Gasteiger partial charge in [0, 0.05) is 31.6 Å². The highest BCUT2D eigenvalue weighted by Crippen LogP contribution is 2.16. The molecule has 0 spiro atoms. The van der Waals surface area contributed by atoms with Crippen LogP contribution >= 0.6 is 0 Å². The largest absolute Gasteiger partial charge is 0.395 e. The number of nitrogens with zero attached hydrogens (tertiary/aromatic N) is 1. The highest BCUT2D eigenvalue weighted by atomic mass is 19.1. The summed E-state index contributed by atoms with van der Waals surface area (Å²) in [6.45, 7) is 1.40. The topological polar surface area (TPSA) is 43.7 Å². The van der Waals surface area contributed by atoms with Crippen LogP contribution in [0.1, 0.15) is 17.5 Å². The van der Waals surface area contributed by atoms with Gasteiger partial charge in [-0.2, -0.15) is 0 Å². The first-order chi connectivity index (χ1) is 9.19. The van der Waals surface area contributed by atoms with Crippen molar-refractivity contribution in [1.82, 2.24) is 4.90 Å². The van der Waals surface area contributed by atoms with Crippen molar-refractivity contribution in [1.29, 1.82) is 0 Å². The van der Waals surface area contributed by atoms with Crippen LogP contribution in [-0.2, 0) is 6.54 Å². The Balaban J connectivity index is 1.91. The molecule has 1 aliphatic heterocycles. The standard InChI is InChI=1S/C15H18FNO2/c16-14-10-17(11-15(14)19)9-13-6-4-12(5-7-13)3-1-2-8-18/h4-7,14-15,18-19H,2,8-11H2/t14-,15-/m1/s1. The number of benzene rings is 1. The molecule has 4 heteroatoms. The van der Waals surface area contributed by atoms with Gasteiger partial charge in [0.1, 0.15) is 6.17 Å². The fourth-order valence-corrected chi connectivity index (χ4v) is 2.12. The summed E-state index contributed by atoms with van der Waals surface area (Å²) in [6, 6.07) is 7.75. The first-order valence-electron chi connectivity index (χ1n) is 6.42. The number of hydrogen-bond acceptors (Lipinski definition) is 3. The minimum atomic E-state index is -1.14. The van der Waals surface area contributed by atoms with Gasteiger partial charge < -0.3 is 10.2 Å². The Morgan fingerprint density at radius 1 is 1.26 bits per heavy atom. The fourth-order valence-electron chi connectivity index (χ4n) is 2.12. The Morgan fingerprint density at radius 2 is 2.00 bits per heavy atom. The predicted octanol–water partition coefficient (Wildman–Crippen LogP) is 0.935. The lowest BCUT2D eigenvalue weighted by Gasteiger charge is -2.14. The number of aliphatic hydroxyl groups is 2. The van der Waals surface area contributed by atoms with Crippen LogP contribution in [0, 0.1) is 11.8 Å². The van der Waals surface area contributed by atoms with E-state index in [2.05, 4.69) is 11.8 Å². The molecule has 1 heterocycles. The maximum atomic E-state index is 13.2. The smallest absolute Gasteiger partial charge is 0.140 e. The Hall–Kier alpha value is -1.41. The van der Waals surface area contributed by atoms with Crippen LogP contribution in [-0.4, -0.2) is 47.1 Å². The number of hydrogen-bond donors (Lipinski definition) is 2. The average molecular weight is 263 g/mol. The summed E-state index contributed by atoms with van der Waals surface area (Å²) in [7, 11) is 0. The van der Waals surface area contributed by atoms with Crippen LogP contribution in [0.5, 0.6) is 0 Å². The molecule has 0 amide bonds. The minimum absolute atomic E-state index is 0.0762. The molecule has 2 N–H and O–H groups in total. The van der Waals surface area contributed by atoms with Crippen molar-refractivity contribution < 1.29 is 14.6 Å². The second-order valence-electron chi connectivity index (χ2n) is 4.75. The van der Waals surface area contributed by atoms with E-state index in [0.29, 0.717) is 26.1 Å². The molecular formula is C15H18FNO2. The molecule has 0 saturated carbocycles. The number of alkyl halides is 1. The van der Waals surface area contributed by atoms with Crippen LogP contribution in [0.4, 0.5) is 4.39 Å². The van der Waals surface area contributed by atoms with Crippen LogP contribution in [0.15, 0.2) is 24.3 Å². The zero-order valence-corrected chi connectivity index (χ0v) is 10.7. The third-order valence-corrected chi connectivity index (χ3v) is 3.13. The fraction of sp³-hybridized carbons (Fsp3) is 0.467. The molecule has 102 valence electrons. The summed E-state index contributed by atoms with van der Waals surface area (Å²) in [5.41, 5.74) is 1.98. The van der Waals surface area contributed by atoms with E-state index >= 15 is 0 Å². The van der Waals surface area contributed by atoms with Gasteiger partial charge in [0.25, 0.3) is 0 Å². The number of β-amino-alcohol motifs (C(OH)–C–C–N with tert-alkyl or cyclic N) is 1. The molecule has 2 atom stereocenters. The highest BCUT2D eigenvalue weighted by Gasteiger charge is 2.30. The zero-order chi connectivity index (χ0) is 13.7. The molecule has 3 nitrogen and oxygen atoms in total. The maximum absolute atomic E-state index is 13.2. The monoisotopic (exact) mass is 263 g/mol. The molecule has 1 aromatic rings. The summed E-state index contributed by atoms with van der Waals surface area (Å²) >= 11 is 0. The van der Waals surface area contributed by atoms with E-state index in [0.717, 1.165) is 11.1 Å². The molecule has 0 bridgehead atoms. The normalized spacial score (nSPS) is 23.1. The predicted molar refractivity (Wildman–Crippen MR) is 71.2 cm³/mol. The summed E-state index contributed by atoms with van der Waals surface area (Å²) in [6.07, 6.45) is -1.52. The van der Waals surface area contributed by atoms with Gasteiger partial charge in [-0.3, -0.25) is 4.90 Å². The molecule has 1 aromatic carbocycles. The quantitative estimate of drug-likeness (QED) is 0.798. The molecule has 1 saturated heterocycles. The molecular weight excluding hydrogens is 245 g/mol. The van der Waals surface area contributed by atoms with Crippen molar-refractivity contribution in [3.63, 3.8) is 0 Å². The maximum Gasteiger partial charge on any atom is 0.140 e. The molecule has 1 aliphatic rings. The van der Waals surface area contributed by atoms with E-state index in [1.165, 1.54) is 0 Å². The number of likely N-dealkylation sites (tertiary alicyclic amines) is 1. The van der Waals surface area contributed by atoms with Crippen molar-refractivity contribution in [2.45, 2.75) is 25.2 Å². The van der Waals surface area contributed by atoms with Gasteiger partial charge in [-0.25, -0.2) is 4.39 Å². The van der Waals surface area contributed by atoms with Crippen molar-refractivity contribution >= 4 is 0 Å². The second-order valence-corrected chi connectivity index (χ2v) is 4.75. The number of halogens is 1. The Labute approximate surface area is 112 Å². The van der Waals surface area contributed by atoms with Gasteiger partial charge in [0.15, 0.2) is 0 Å². The molecule has 0 unspecified atom stereocenters. The van der Waals surface area contributed by atoms with Crippen molar-refractivity contribution in [3.05, 3.63) is 35.4 Å². The third kappa shape index (κ3) is 4.03. The average Bonchev–Trinajstić information content (AvgIpc) is 2.71. The van der Waals surface area contributed by atoms with E-state index in [1.54, 1.807) is 0 Å². The van der Waals surface area contributed by atoms with Gasteiger partial charge >= 0.3 is 0 Å².